The van der Waals surface area contributed by atoms with Gasteiger partial charge < -0.3 is 18.9 Å². The van der Waals surface area contributed by atoms with Crippen molar-refractivity contribution in [2.75, 3.05) is 47.5 Å². The van der Waals surface area contributed by atoms with Gasteiger partial charge in [0.15, 0.2) is 6.10 Å². The Morgan fingerprint density at radius 2 is 0.909 bits per heavy atom. The predicted molar refractivity (Wildman–Crippen MR) is 279 cm³/mol. The van der Waals surface area contributed by atoms with Crippen LogP contribution in [0.4, 0.5) is 0 Å². The lowest BCUT2D eigenvalue weighted by Crippen LogP contribution is -2.37. The average molecular weight is 947 g/mol. The van der Waals surface area contributed by atoms with E-state index in [1.165, 1.54) is 141 Å². The lowest BCUT2D eigenvalue weighted by molar-refractivity contribution is -0.870. The quantitative estimate of drug-likeness (QED) is 0.0211. The SMILES string of the molecule is CC/C=C\C/C=C\C/C=C\C/C=C\C/C=C\CC(=O)OC(COC(=O)CCCCCCCCCCCCCCCCC/C=C\CCCCCCCCCC)COP(=O)(O)OCC[N+](C)(C)C. The summed E-state index contributed by atoms with van der Waals surface area (Å²) in [6, 6.07) is 0. The van der Waals surface area contributed by atoms with E-state index in [9.17, 15) is 19.0 Å². The highest BCUT2D eigenvalue weighted by Crippen LogP contribution is 2.43. The molecule has 0 aliphatic heterocycles. The Bertz CT molecular complexity index is 1350. The van der Waals surface area contributed by atoms with Gasteiger partial charge >= 0.3 is 19.8 Å². The third-order valence-corrected chi connectivity index (χ3v) is 12.2. The number of rotatable bonds is 48. The number of nitrogens with zero attached hydrogens (tertiary/aromatic N) is 1. The number of hydrogen-bond donors (Lipinski definition) is 1. The van der Waals surface area contributed by atoms with Gasteiger partial charge in [0.2, 0.25) is 0 Å². The summed E-state index contributed by atoms with van der Waals surface area (Å²) in [7, 11) is 1.42. The number of phosphoric ester groups is 1. The van der Waals surface area contributed by atoms with Gasteiger partial charge in [-0.2, -0.15) is 0 Å². The number of esters is 2. The third-order valence-electron chi connectivity index (χ3n) is 11.3. The van der Waals surface area contributed by atoms with Crippen LogP contribution in [0.3, 0.4) is 0 Å². The molecule has 0 fully saturated rings. The lowest BCUT2D eigenvalue weighted by Gasteiger charge is -2.24. The number of carbonyl (C=O) groups is 2. The molecule has 0 saturated heterocycles. The van der Waals surface area contributed by atoms with Gasteiger partial charge in [0.25, 0.3) is 0 Å². The molecule has 0 bridgehead atoms. The van der Waals surface area contributed by atoms with E-state index in [1.807, 2.05) is 33.3 Å². The first-order chi connectivity index (χ1) is 32.0. The zero-order chi connectivity index (χ0) is 48.5. The molecule has 382 valence electrons. The Labute approximate surface area is 406 Å². The van der Waals surface area contributed by atoms with E-state index in [0.717, 1.165) is 44.9 Å². The van der Waals surface area contributed by atoms with E-state index in [2.05, 4.69) is 68.5 Å². The molecular formula is C56H101NO8P+. The fourth-order valence-corrected chi connectivity index (χ4v) is 7.89. The van der Waals surface area contributed by atoms with E-state index in [-0.39, 0.29) is 26.1 Å². The predicted octanol–water partition coefficient (Wildman–Crippen LogP) is 16.1. The molecule has 0 radical (unpaired) electrons. The zero-order valence-corrected chi connectivity index (χ0v) is 44.1. The van der Waals surface area contributed by atoms with Crippen LogP contribution in [0.2, 0.25) is 0 Å². The highest BCUT2D eigenvalue weighted by molar-refractivity contribution is 7.47. The monoisotopic (exact) mass is 947 g/mol. The van der Waals surface area contributed by atoms with Gasteiger partial charge in [0.1, 0.15) is 19.8 Å². The topological polar surface area (TPSA) is 108 Å². The van der Waals surface area contributed by atoms with Crippen LogP contribution in [0.1, 0.15) is 219 Å². The van der Waals surface area contributed by atoms with Crippen LogP contribution < -0.4 is 0 Å². The summed E-state index contributed by atoms with van der Waals surface area (Å²) < 4.78 is 34.3. The average Bonchev–Trinajstić information content (AvgIpc) is 3.27. The molecule has 0 heterocycles. The molecule has 66 heavy (non-hydrogen) atoms. The minimum atomic E-state index is -4.41. The molecule has 0 saturated carbocycles. The summed E-state index contributed by atoms with van der Waals surface area (Å²) >= 11 is 0. The first-order valence-corrected chi connectivity index (χ1v) is 28.2. The Kier molecular flexibility index (Phi) is 45.7. The molecule has 0 amide bonds. The molecule has 0 aliphatic rings. The van der Waals surface area contributed by atoms with Crippen molar-refractivity contribution in [3.05, 3.63) is 72.9 Å². The maximum atomic E-state index is 12.7. The fourth-order valence-electron chi connectivity index (χ4n) is 7.14. The van der Waals surface area contributed by atoms with Crippen molar-refractivity contribution in [2.45, 2.75) is 225 Å². The summed E-state index contributed by atoms with van der Waals surface area (Å²) in [5, 5.41) is 0. The van der Waals surface area contributed by atoms with E-state index in [1.54, 1.807) is 6.08 Å². The second kappa shape index (κ2) is 47.5. The van der Waals surface area contributed by atoms with E-state index < -0.39 is 32.5 Å². The normalized spacial score (nSPS) is 14.0. The van der Waals surface area contributed by atoms with Crippen molar-refractivity contribution in [2.24, 2.45) is 0 Å². The molecule has 10 heteroatoms. The zero-order valence-electron chi connectivity index (χ0n) is 43.2. The van der Waals surface area contributed by atoms with Crippen molar-refractivity contribution >= 4 is 19.8 Å². The van der Waals surface area contributed by atoms with E-state index >= 15 is 0 Å². The Hall–Kier alpha value is -2.55. The lowest BCUT2D eigenvalue weighted by atomic mass is 10.0. The molecule has 0 aromatic heterocycles. The summed E-state index contributed by atoms with van der Waals surface area (Å²) in [5.41, 5.74) is 0. The van der Waals surface area contributed by atoms with Gasteiger partial charge in [0, 0.05) is 6.42 Å². The maximum Gasteiger partial charge on any atom is 0.472 e. The van der Waals surface area contributed by atoms with Crippen LogP contribution >= 0.6 is 7.82 Å². The van der Waals surface area contributed by atoms with Crippen molar-refractivity contribution in [3.63, 3.8) is 0 Å². The Balaban J connectivity index is 4.20. The molecule has 0 aliphatic carbocycles. The molecule has 2 atom stereocenters. The number of carbonyl (C=O) groups excluding carboxylic acids is 2. The highest BCUT2D eigenvalue weighted by atomic mass is 31.2. The molecule has 0 aromatic rings. The van der Waals surface area contributed by atoms with Crippen molar-refractivity contribution in [1.29, 1.82) is 0 Å². The summed E-state index contributed by atoms with van der Waals surface area (Å²) in [5.74, 6) is -0.944. The van der Waals surface area contributed by atoms with Crippen molar-refractivity contribution in [3.8, 4) is 0 Å². The van der Waals surface area contributed by atoms with Gasteiger partial charge in [-0.1, -0.05) is 215 Å². The number of likely N-dealkylation sites (N-methyl/N-ethyl adjacent to an activating group) is 1. The van der Waals surface area contributed by atoms with Crippen LogP contribution in [0.25, 0.3) is 0 Å². The molecule has 0 aromatic carbocycles. The van der Waals surface area contributed by atoms with Crippen LogP contribution in [0.15, 0.2) is 72.9 Å². The highest BCUT2D eigenvalue weighted by Gasteiger charge is 2.27. The van der Waals surface area contributed by atoms with Crippen LogP contribution in [0.5, 0.6) is 0 Å². The van der Waals surface area contributed by atoms with Crippen LogP contribution in [-0.2, 0) is 32.7 Å². The molecule has 2 unspecified atom stereocenters. The summed E-state index contributed by atoms with van der Waals surface area (Å²) in [6.07, 6.45) is 61.5. The van der Waals surface area contributed by atoms with Gasteiger partial charge in [-0.3, -0.25) is 18.6 Å². The number of ether oxygens (including phenoxy) is 2. The van der Waals surface area contributed by atoms with E-state index in [4.69, 9.17) is 18.5 Å². The maximum absolute atomic E-state index is 12.7. The van der Waals surface area contributed by atoms with Gasteiger partial charge in [-0.15, -0.1) is 0 Å². The second-order valence-corrected chi connectivity index (χ2v) is 20.3. The standard InChI is InChI=1S/C56H100NO8P/c1-6-8-10-12-14-16-18-20-22-23-24-25-26-27-28-29-30-31-32-33-35-36-38-40-42-44-46-48-55(58)62-52-54(53-64-66(60,61)63-51-50-57(3,4)5)65-56(59)49-47-45-43-41-39-37-34-21-19-17-15-13-11-9-7-2/h9,11,15,17,21,23-24,34,39,41,45,47,54H,6-8,10,12-14,16,18-20,22,25-33,35-38,40,42-44,46,48-53H2,1-5H3/p+1/b11-9-,17-15-,24-23-,34-21-,41-39-,47-45-. The number of quaternary nitrogens is 1. The minimum absolute atomic E-state index is 0.00676. The minimum Gasteiger partial charge on any atom is -0.462 e. The molecular weight excluding hydrogens is 846 g/mol. The first kappa shape index (κ1) is 63.5. The van der Waals surface area contributed by atoms with Crippen LogP contribution in [-0.4, -0.2) is 74.9 Å². The molecule has 1 N–H and O–H groups in total. The first-order valence-electron chi connectivity index (χ1n) is 26.7. The molecule has 0 spiro atoms. The molecule has 0 rings (SSSR count). The third kappa shape index (κ3) is 50.9. The molecule has 9 nitrogen and oxygen atoms in total. The number of allylic oxidation sites excluding steroid dienone is 11. The Morgan fingerprint density at radius 1 is 0.500 bits per heavy atom. The fraction of sp³-hybridized carbons (Fsp3) is 0.750. The number of phosphoric acid groups is 1. The largest absolute Gasteiger partial charge is 0.472 e. The van der Waals surface area contributed by atoms with Crippen molar-refractivity contribution < 1.29 is 42.1 Å². The van der Waals surface area contributed by atoms with E-state index in [0.29, 0.717) is 17.4 Å². The van der Waals surface area contributed by atoms with Gasteiger partial charge in [-0.05, 0) is 64.2 Å². The van der Waals surface area contributed by atoms with Crippen LogP contribution in [0, 0.1) is 0 Å². The number of hydrogen-bond acceptors (Lipinski definition) is 7. The van der Waals surface area contributed by atoms with Gasteiger partial charge in [0.05, 0.1) is 34.2 Å². The second-order valence-electron chi connectivity index (χ2n) is 18.9. The Morgan fingerprint density at radius 3 is 1.35 bits per heavy atom. The summed E-state index contributed by atoms with van der Waals surface area (Å²) in [6.45, 7) is 4.21. The number of unbranched alkanes of at least 4 members (excludes halogenated alkanes) is 23. The smallest absolute Gasteiger partial charge is 0.462 e. The van der Waals surface area contributed by atoms with Crippen molar-refractivity contribution in [1.82, 2.24) is 0 Å². The summed E-state index contributed by atoms with van der Waals surface area (Å²) in [4.78, 5) is 35.5. The van der Waals surface area contributed by atoms with Gasteiger partial charge in [-0.25, -0.2) is 4.57 Å².